The predicted molar refractivity (Wildman–Crippen MR) is 85.3 cm³/mol. The van der Waals surface area contributed by atoms with E-state index >= 15 is 0 Å². The van der Waals surface area contributed by atoms with Crippen LogP contribution in [0.15, 0.2) is 0 Å². The summed E-state index contributed by atoms with van der Waals surface area (Å²) in [5.41, 5.74) is 0.608. The molecule has 3 nitrogen and oxygen atoms in total. The molecule has 0 aromatic rings. The van der Waals surface area contributed by atoms with Gasteiger partial charge in [-0.1, -0.05) is 0 Å². The van der Waals surface area contributed by atoms with Gasteiger partial charge in [0, 0.05) is 25.2 Å². The average Bonchev–Trinajstić information content (AvgIpc) is 2.97. The quantitative estimate of drug-likeness (QED) is 0.842. The van der Waals surface area contributed by atoms with Crippen LogP contribution in [-0.4, -0.2) is 50.8 Å². The maximum atomic E-state index is 5.58. The van der Waals surface area contributed by atoms with Crippen LogP contribution in [0.2, 0.25) is 0 Å². The number of ether oxygens (including phenoxy) is 1. The molecule has 2 atom stereocenters. The van der Waals surface area contributed by atoms with Gasteiger partial charge in [-0.3, -0.25) is 4.90 Å². The van der Waals surface area contributed by atoms with E-state index in [0.29, 0.717) is 17.5 Å². The van der Waals surface area contributed by atoms with Crippen molar-refractivity contribution in [3.05, 3.63) is 0 Å². The highest BCUT2D eigenvalue weighted by molar-refractivity contribution is 5.06. The molecule has 5 rings (SSSR count). The summed E-state index contributed by atoms with van der Waals surface area (Å²) in [6.45, 7) is 3.10. The van der Waals surface area contributed by atoms with Crippen LogP contribution in [0.25, 0.3) is 0 Å². The molecular weight excluding hydrogens is 260 g/mol. The van der Waals surface area contributed by atoms with Crippen LogP contribution in [-0.2, 0) is 4.74 Å². The lowest BCUT2D eigenvalue weighted by Gasteiger charge is -2.60. The van der Waals surface area contributed by atoms with Gasteiger partial charge >= 0.3 is 0 Å². The van der Waals surface area contributed by atoms with Crippen molar-refractivity contribution in [1.82, 2.24) is 10.2 Å². The third-order valence-corrected chi connectivity index (χ3v) is 7.17. The molecule has 1 saturated heterocycles. The summed E-state index contributed by atoms with van der Waals surface area (Å²) < 4.78 is 5.58. The number of rotatable bonds is 5. The van der Waals surface area contributed by atoms with Gasteiger partial charge < -0.3 is 10.1 Å². The maximum Gasteiger partial charge on any atom is 0.0622 e. The Kier molecular flexibility index (Phi) is 3.79. The predicted octanol–water partition coefficient (Wildman–Crippen LogP) is 2.51. The van der Waals surface area contributed by atoms with Crippen molar-refractivity contribution < 1.29 is 4.74 Å². The van der Waals surface area contributed by atoms with Crippen molar-refractivity contribution in [2.45, 2.75) is 57.0 Å². The first-order valence-corrected chi connectivity index (χ1v) is 9.14. The molecular formula is C18H32N2O. The van der Waals surface area contributed by atoms with Gasteiger partial charge in [0.1, 0.15) is 0 Å². The van der Waals surface area contributed by atoms with E-state index in [1.807, 2.05) is 0 Å². The minimum absolute atomic E-state index is 0.608. The number of hydrogen-bond acceptors (Lipinski definition) is 3. The minimum atomic E-state index is 0.608. The molecule has 1 heterocycles. The van der Waals surface area contributed by atoms with Crippen LogP contribution < -0.4 is 5.32 Å². The second-order valence-corrected chi connectivity index (χ2v) is 8.58. The van der Waals surface area contributed by atoms with Crippen LogP contribution in [0.3, 0.4) is 0 Å². The summed E-state index contributed by atoms with van der Waals surface area (Å²) in [5.74, 6) is 3.15. The Bertz CT molecular complexity index is 342. The molecule has 1 N–H and O–H groups in total. The molecule has 5 aliphatic rings. The Morgan fingerprint density at radius 3 is 2.24 bits per heavy atom. The fraction of sp³-hybridized carbons (Fsp3) is 1.00. The molecule has 3 heteroatoms. The first-order valence-electron chi connectivity index (χ1n) is 9.14. The van der Waals surface area contributed by atoms with E-state index in [2.05, 4.69) is 24.3 Å². The Labute approximate surface area is 129 Å². The number of nitrogens with zero attached hydrogens (tertiary/aromatic N) is 1. The lowest BCUT2D eigenvalue weighted by molar-refractivity contribution is -0.0780. The van der Waals surface area contributed by atoms with Gasteiger partial charge in [0.2, 0.25) is 0 Å². The molecule has 0 aromatic carbocycles. The summed E-state index contributed by atoms with van der Waals surface area (Å²) in [6.07, 6.45) is 10.3. The van der Waals surface area contributed by atoms with E-state index < -0.39 is 0 Å². The van der Waals surface area contributed by atoms with Crippen molar-refractivity contribution in [3.63, 3.8) is 0 Å². The van der Waals surface area contributed by atoms with Gasteiger partial charge in [0.15, 0.2) is 0 Å². The van der Waals surface area contributed by atoms with Crippen molar-refractivity contribution in [2.24, 2.45) is 23.2 Å². The van der Waals surface area contributed by atoms with Gasteiger partial charge in [-0.05, 0) is 82.2 Å². The fourth-order valence-electron chi connectivity index (χ4n) is 6.50. The smallest absolute Gasteiger partial charge is 0.0622 e. The summed E-state index contributed by atoms with van der Waals surface area (Å²) in [6, 6.07) is 1.33. The Balaban J connectivity index is 1.47. The molecule has 4 aliphatic carbocycles. The second kappa shape index (κ2) is 5.50. The average molecular weight is 292 g/mol. The molecule has 1 aliphatic heterocycles. The first-order chi connectivity index (χ1) is 10.2. The van der Waals surface area contributed by atoms with Crippen molar-refractivity contribution in [2.75, 3.05) is 33.9 Å². The van der Waals surface area contributed by atoms with Crippen LogP contribution in [0, 0.1) is 23.2 Å². The zero-order valence-electron chi connectivity index (χ0n) is 13.8. The van der Waals surface area contributed by atoms with Gasteiger partial charge in [-0.2, -0.15) is 0 Å². The largest absolute Gasteiger partial charge is 0.380 e. The maximum absolute atomic E-state index is 5.58. The van der Waals surface area contributed by atoms with Crippen LogP contribution in [0.1, 0.15) is 44.9 Å². The molecule has 4 saturated carbocycles. The van der Waals surface area contributed by atoms with Crippen molar-refractivity contribution >= 4 is 0 Å². The third kappa shape index (κ3) is 2.55. The zero-order valence-corrected chi connectivity index (χ0v) is 13.8. The molecule has 0 radical (unpaired) electrons. The van der Waals surface area contributed by atoms with Gasteiger partial charge in [-0.25, -0.2) is 0 Å². The van der Waals surface area contributed by atoms with E-state index in [1.54, 1.807) is 19.3 Å². The monoisotopic (exact) mass is 292 g/mol. The van der Waals surface area contributed by atoms with Gasteiger partial charge in [0.05, 0.1) is 6.61 Å². The Hall–Kier alpha value is -0.120. The van der Waals surface area contributed by atoms with Crippen LogP contribution in [0.4, 0.5) is 0 Å². The summed E-state index contributed by atoms with van der Waals surface area (Å²) in [7, 11) is 4.51. The van der Waals surface area contributed by atoms with Crippen LogP contribution in [0.5, 0.6) is 0 Å². The fourth-order valence-corrected chi connectivity index (χ4v) is 6.50. The molecule has 21 heavy (non-hydrogen) atoms. The van der Waals surface area contributed by atoms with Crippen molar-refractivity contribution in [3.8, 4) is 0 Å². The minimum Gasteiger partial charge on any atom is -0.380 e. The molecule has 2 unspecified atom stereocenters. The number of hydrogen-bond donors (Lipinski definition) is 1. The van der Waals surface area contributed by atoms with E-state index in [0.717, 1.165) is 31.0 Å². The van der Waals surface area contributed by atoms with Crippen LogP contribution >= 0.6 is 0 Å². The molecule has 0 spiro atoms. The molecule has 4 bridgehead atoms. The Morgan fingerprint density at radius 1 is 1.14 bits per heavy atom. The molecule has 5 fully saturated rings. The normalized spacial score (nSPS) is 46.4. The number of likely N-dealkylation sites (N-methyl/N-ethyl adjacent to an activating group) is 2. The number of nitrogens with one attached hydrogen (secondary N) is 1. The highest BCUT2D eigenvalue weighted by Crippen LogP contribution is 2.61. The molecule has 0 aromatic heterocycles. The lowest BCUT2D eigenvalue weighted by atomic mass is 9.47. The van der Waals surface area contributed by atoms with E-state index in [4.69, 9.17) is 4.74 Å². The zero-order chi connectivity index (χ0) is 14.4. The molecule has 0 amide bonds. The second-order valence-electron chi connectivity index (χ2n) is 8.58. The van der Waals surface area contributed by atoms with E-state index in [9.17, 15) is 0 Å². The summed E-state index contributed by atoms with van der Waals surface area (Å²) >= 11 is 0. The summed E-state index contributed by atoms with van der Waals surface area (Å²) in [4.78, 5) is 2.58. The highest BCUT2D eigenvalue weighted by atomic mass is 16.5. The summed E-state index contributed by atoms with van der Waals surface area (Å²) in [5, 5.41) is 3.73. The topological polar surface area (TPSA) is 24.5 Å². The van der Waals surface area contributed by atoms with E-state index in [1.165, 1.54) is 32.2 Å². The molecule has 120 valence electrons. The lowest BCUT2D eigenvalue weighted by Crippen LogP contribution is -2.59. The first kappa shape index (κ1) is 14.5. The SMILES string of the molecule is CNC(CN(C)C1CCOC1)C12CC3CC(CC(C3)C1)C2. The van der Waals surface area contributed by atoms with E-state index in [-0.39, 0.29) is 0 Å². The highest BCUT2D eigenvalue weighted by Gasteiger charge is 2.54. The standard InChI is InChI=1S/C18H32N2O/c1-19-17(11-20(2)16-3-4-21-12-16)18-8-13-5-14(9-18)7-15(6-13)10-18/h13-17,19H,3-12H2,1-2H3. The Morgan fingerprint density at radius 2 is 1.76 bits per heavy atom. The van der Waals surface area contributed by atoms with Crippen molar-refractivity contribution in [1.29, 1.82) is 0 Å². The third-order valence-electron chi connectivity index (χ3n) is 7.17. The van der Waals surface area contributed by atoms with Gasteiger partial charge in [-0.15, -0.1) is 0 Å². The van der Waals surface area contributed by atoms with Gasteiger partial charge in [0.25, 0.3) is 0 Å².